The van der Waals surface area contributed by atoms with Gasteiger partial charge >= 0.3 is 0 Å². The highest BCUT2D eigenvalue weighted by atomic mass is 35.5. The van der Waals surface area contributed by atoms with Crippen molar-refractivity contribution in [1.82, 2.24) is 10.0 Å². The van der Waals surface area contributed by atoms with Crippen molar-refractivity contribution >= 4 is 21.6 Å². The second kappa shape index (κ2) is 6.70. The summed E-state index contributed by atoms with van der Waals surface area (Å²) < 4.78 is 27.1. The fraction of sp³-hybridized carbons (Fsp3) is 0.538. The van der Waals surface area contributed by atoms with E-state index in [9.17, 15) is 8.42 Å². The van der Waals surface area contributed by atoms with Crippen molar-refractivity contribution in [1.29, 1.82) is 0 Å². The Hall–Kier alpha value is -0.620. The Morgan fingerprint density at radius 1 is 1.26 bits per heavy atom. The van der Waals surface area contributed by atoms with Gasteiger partial charge in [0, 0.05) is 17.6 Å². The Labute approximate surface area is 120 Å². The highest BCUT2D eigenvalue weighted by Crippen LogP contribution is 2.21. The van der Waals surface area contributed by atoms with Crippen LogP contribution in [0.25, 0.3) is 0 Å². The molecule has 19 heavy (non-hydrogen) atoms. The zero-order valence-electron chi connectivity index (χ0n) is 11.7. The molecule has 0 amide bonds. The molecular weight excluding hydrogens is 284 g/mol. The van der Waals surface area contributed by atoms with Gasteiger partial charge in [-0.2, -0.15) is 0 Å². The molecular formula is C13H21ClN2O2S. The maximum absolute atomic E-state index is 12.2. The summed E-state index contributed by atoms with van der Waals surface area (Å²) in [7, 11) is -1.71. The number of nitrogens with one attached hydrogen (secondary N) is 2. The van der Waals surface area contributed by atoms with E-state index in [4.69, 9.17) is 11.6 Å². The van der Waals surface area contributed by atoms with E-state index in [1.165, 1.54) is 6.07 Å². The van der Waals surface area contributed by atoms with Crippen molar-refractivity contribution in [3.63, 3.8) is 0 Å². The van der Waals surface area contributed by atoms with Crippen LogP contribution in [-0.2, 0) is 16.6 Å². The lowest BCUT2D eigenvalue weighted by molar-refractivity contribution is 0.476. The summed E-state index contributed by atoms with van der Waals surface area (Å²) in [5.41, 5.74) is 0.768. The third kappa shape index (κ3) is 4.45. The normalized spacial score (nSPS) is 13.8. The molecule has 0 aliphatic rings. The third-order valence-electron chi connectivity index (χ3n) is 3.04. The van der Waals surface area contributed by atoms with E-state index in [0.717, 1.165) is 5.56 Å². The lowest BCUT2D eigenvalue weighted by Crippen LogP contribution is -2.36. The van der Waals surface area contributed by atoms with Gasteiger partial charge in [0.1, 0.15) is 0 Å². The van der Waals surface area contributed by atoms with Crippen molar-refractivity contribution in [3.8, 4) is 0 Å². The Morgan fingerprint density at radius 2 is 1.89 bits per heavy atom. The number of hydrogen-bond donors (Lipinski definition) is 2. The molecule has 0 aliphatic carbocycles. The van der Waals surface area contributed by atoms with Gasteiger partial charge in [-0.3, -0.25) is 0 Å². The molecule has 0 aromatic heterocycles. The summed E-state index contributed by atoms with van der Waals surface area (Å²) in [6, 6.07) is 4.63. The lowest BCUT2D eigenvalue weighted by atomic mass is 10.1. The van der Waals surface area contributed by atoms with Crippen molar-refractivity contribution in [2.45, 2.75) is 38.3 Å². The number of hydrogen-bond acceptors (Lipinski definition) is 3. The van der Waals surface area contributed by atoms with Crippen LogP contribution in [-0.4, -0.2) is 21.5 Å². The molecule has 0 saturated carbocycles. The fourth-order valence-electron chi connectivity index (χ4n) is 1.49. The highest BCUT2D eigenvalue weighted by Gasteiger charge is 2.20. The van der Waals surface area contributed by atoms with Crippen LogP contribution >= 0.6 is 11.6 Å². The zero-order chi connectivity index (χ0) is 14.6. The highest BCUT2D eigenvalue weighted by molar-refractivity contribution is 7.89. The first-order valence-electron chi connectivity index (χ1n) is 6.23. The number of benzene rings is 1. The summed E-state index contributed by atoms with van der Waals surface area (Å²) in [5, 5.41) is 3.52. The molecule has 0 aliphatic heterocycles. The van der Waals surface area contributed by atoms with Gasteiger partial charge < -0.3 is 5.32 Å². The van der Waals surface area contributed by atoms with E-state index in [1.807, 2.05) is 20.8 Å². The SMILES string of the molecule is CNCc1cc(S(=O)(=O)NC(C)C(C)C)ccc1Cl. The molecule has 1 atom stereocenters. The van der Waals surface area contributed by atoms with E-state index in [1.54, 1.807) is 19.2 Å². The molecule has 4 nitrogen and oxygen atoms in total. The molecule has 0 radical (unpaired) electrons. The Bertz CT molecular complexity index is 529. The molecule has 1 aromatic rings. The average Bonchev–Trinajstić information content (AvgIpc) is 2.31. The largest absolute Gasteiger partial charge is 0.316 e. The van der Waals surface area contributed by atoms with Crippen LogP contribution < -0.4 is 10.0 Å². The molecule has 1 unspecified atom stereocenters. The van der Waals surface area contributed by atoms with Gasteiger partial charge in [0.25, 0.3) is 0 Å². The van der Waals surface area contributed by atoms with Gasteiger partial charge in [-0.1, -0.05) is 25.4 Å². The first-order chi connectivity index (χ1) is 8.77. The van der Waals surface area contributed by atoms with Crippen LogP contribution in [0.3, 0.4) is 0 Å². The van der Waals surface area contributed by atoms with Crippen molar-refractivity contribution < 1.29 is 8.42 Å². The minimum atomic E-state index is -3.50. The maximum atomic E-state index is 12.2. The van der Waals surface area contributed by atoms with Crippen LogP contribution in [0.15, 0.2) is 23.1 Å². The molecule has 108 valence electrons. The molecule has 0 saturated heterocycles. The second-order valence-corrected chi connectivity index (χ2v) is 7.06. The van der Waals surface area contributed by atoms with E-state index in [0.29, 0.717) is 11.6 Å². The molecule has 0 spiro atoms. The Morgan fingerprint density at radius 3 is 2.42 bits per heavy atom. The predicted molar refractivity (Wildman–Crippen MR) is 78.8 cm³/mol. The maximum Gasteiger partial charge on any atom is 0.240 e. The molecule has 1 aromatic carbocycles. The molecule has 2 N–H and O–H groups in total. The Balaban J connectivity index is 3.05. The monoisotopic (exact) mass is 304 g/mol. The lowest BCUT2D eigenvalue weighted by Gasteiger charge is -2.18. The number of rotatable bonds is 6. The summed E-state index contributed by atoms with van der Waals surface area (Å²) in [6.07, 6.45) is 0. The molecule has 1 rings (SSSR count). The first-order valence-corrected chi connectivity index (χ1v) is 8.09. The average molecular weight is 305 g/mol. The summed E-state index contributed by atoms with van der Waals surface area (Å²) >= 11 is 6.03. The van der Waals surface area contributed by atoms with Crippen LogP contribution in [0, 0.1) is 5.92 Å². The van der Waals surface area contributed by atoms with E-state index < -0.39 is 10.0 Å². The van der Waals surface area contributed by atoms with Crippen LogP contribution in [0.4, 0.5) is 0 Å². The first kappa shape index (κ1) is 16.4. The number of halogens is 1. The van der Waals surface area contributed by atoms with E-state index in [2.05, 4.69) is 10.0 Å². The molecule has 0 heterocycles. The van der Waals surface area contributed by atoms with Gasteiger partial charge in [-0.15, -0.1) is 0 Å². The molecule has 6 heteroatoms. The quantitative estimate of drug-likeness (QED) is 0.848. The van der Waals surface area contributed by atoms with E-state index >= 15 is 0 Å². The standard InChI is InChI=1S/C13H21ClN2O2S/c1-9(2)10(3)16-19(17,18)12-5-6-13(14)11(7-12)8-15-4/h5-7,9-10,15-16H,8H2,1-4H3. The summed E-state index contributed by atoms with van der Waals surface area (Å²) in [6.45, 7) is 6.33. The summed E-state index contributed by atoms with van der Waals surface area (Å²) in [4.78, 5) is 0.245. The van der Waals surface area contributed by atoms with E-state index in [-0.39, 0.29) is 16.9 Å². The molecule has 0 fully saturated rings. The second-order valence-electron chi connectivity index (χ2n) is 4.94. The minimum absolute atomic E-state index is 0.117. The van der Waals surface area contributed by atoms with Crippen molar-refractivity contribution in [2.75, 3.05) is 7.05 Å². The Kier molecular flexibility index (Phi) is 5.80. The topological polar surface area (TPSA) is 58.2 Å². The van der Waals surface area contributed by atoms with Gasteiger partial charge in [0.05, 0.1) is 4.90 Å². The van der Waals surface area contributed by atoms with Gasteiger partial charge in [0.15, 0.2) is 0 Å². The molecule has 0 bridgehead atoms. The summed E-state index contributed by atoms with van der Waals surface area (Å²) in [5.74, 6) is 0.235. The van der Waals surface area contributed by atoms with Crippen molar-refractivity contribution in [2.24, 2.45) is 5.92 Å². The van der Waals surface area contributed by atoms with Gasteiger partial charge in [-0.25, -0.2) is 13.1 Å². The van der Waals surface area contributed by atoms with Crippen molar-refractivity contribution in [3.05, 3.63) is 28.8 Å². The zero-order valence-corrected chi connectivity index (χ0v) is 13.3. The smallest absolute Gasteiger partial charge is 0.240 e. The van der Waals surface area contributed by atoms with Crippen LogP contribution in [0.5, 0.6) is 0 Å². The van der Waals surface area contributed by atoms with Gasteiger partial charge in [0.2, 0.25) is 10.0 Å². The fourth-order valence-corrected chi connectivity index (χ4v) is 3.12. The van der Waals surface area contributed by atoms with Gasteiger partial charge in [-0.05, 0) is 43.7 Å². The third-order valence-corrected chi connectivity index (χ3v) is 4.96. The minimum Gasteiger partial charge on any atom is -0.316 e. The van der Waals surface area contributed by atoms with Crippen LogP contribution in [0.2, 0.25) is 5.02 Å². The van der Waals surface area contributed by atoms with Crippen LogP contribution in [0.1, 0.15) is 26.3 Å². The predicted octanol–water partition coefficient (Wildman–Crippen LogP) is 2.38. The number of sulfonamides is 1.